The summed E-state index contributed by atoms with van der Waals surface area (Å²) in [6.45, 7) is 1.85. The fourth-order valence-electron chi connectivity index (χ4n) is 1.38. The minimum atomic E-state index is -0.241. The van der Waals surface area contributed by atoms with Gasteiger partial charge in [0.2, 0.25) is 0 Å². The number of aldehydes is 1. The van der Waals surface area contributed by atoms with Crippen LogP contribution in [0.1, 0.15) is 15.2 Å². The molecule has 0 spiro atoms. The number of carbonyl (C=O) groups is 1. The van der Waals surface area contributed by atoms with Gasteiger partial charge in [-0.05, 0) is 30.7 Å². The highest BCUT2D eigenvalue weighted by Gasteiger charge is 2.07. The average Bonchev–Trinajstić information content (AvgIpc) is 2.66. The topological polar surface area (TPSA) is 17.1 Å². The fourth-order valence-corrected chi connectivity index (χ4v) is 2.23. The van der Waals surface area contributed by atoms with E-state index in [0.717, 1.165) is 16.7 Å². The zero-order chi connectivity index (χ0) is 10.8. The smallest absolute Gasteiger partial charge is 0.160 e. The monoisotopic (exact) mass is 220 g/mol. The van der Waals surface area contributed by atoms with Gasteiger partial charge in [-0.3, -0.25) is 4.79 Å². The number of hydrogen-bond acceptors (Lipinski definition) is 2. The first kappa shape index (κ1) is 10.1. The van der Waals surface area contributed by atoms with Crippen molar-refractivity contribution in [2.24, 2.45) is 0 Å². The van der Waals surface area contributed by atoms with Crippen LogP contribution in [-0.2, 0) is 0 Å². The number of thiophene rings is 1. The predicted octanol–water partition coefficient (Wildman–Crippen LogP) is 3.68. The van der Waals surface area contributed by atoms with Crippen LogP contribution in [0.2, 0.25) is 0 Å². The number of hydrogen-bond donors (Lipinski definition) is 0. The highest BCUT2D eigenvalue weighted by atomic mass is 32.1. The zero-order valence-electron chi connectivity index (χ0n) is 8.16. The lowest BCUT2D eigenvalue weighted by Crippen LogP contribution is -1.82. The Bertz CT molecular complexity index is 502. The van der Waals surface area contributed by atoms with Crippen LogP contribution in [0.25, 0.3) is 10.4 Å². The SMILES string of the molecule is Cc1ccc(-c2ccc(C=O)s2)c(F)c1. The second kappa shape index (κ2) is 3.95. The van der Waals surface area contributed by atoms with E-state index in [0.29, 0.717) is 10.4 Å². The van der Waals surface area contributed by atoms with Crippen LogP contribution in [-0.4, -0.2) is 6.29 Å². The average molecular weight is 220 g/mol. The summed E-state index contributed by atoms with van der Waals surface area (Å²) in [6, 6.07) is 8.56. The Labute approximate surface area is 91.2 Å². The van der Waals surface area contributed by atoms with Gasteiger partial charge in [0.05, 0.1) is 4.88 Å². The molecule has 15 heavy (non-hydrogen) atoms. The van der Waals surface area contributed by atoms with Crippen LogP contribution in [0.15, 0.2) is 30.3 Å². The Morgan fingerprint density at radius 3 is 2.67 bits per heavy atom. The molecule has 1 nitrogen and oxygen atoms in total. The van der Waals surface area contributed by atoms with Crippen LogP contribution in [0.5, 0.6) is 0 Å². The molecule has 0 radical (unpaired) electrons. The molecule has 0 atom stereocenters. The molecule has 76 valence electrons. The van der Waals surface area contributed by atoms with Crippen molar-refractivity contribution in [1.29, 1.82) is 0 Å². The van der Waals surface area contributed by atoms with Gasteiger partial charge in [0.25, 0.3) is 0 Å². The summed E-state index contributed by atoms with van der Waals surface area (Å²) < 4.78 is 13.6. The molecular weight excluding hydrogens is 211 g/mol. The lowest BCUT2D eigenvalue weighted by molar-refractivity contribution is 0.112. The predicted molar refractivity (Wildman–Crippen MR) is 59.8 cm³/mol. The summed E-state index contributed by atoms with van der Waals surface area (Å²) in [4.78, 5) is 11.9. The lowest BCUT2D eigenvalue weighted by atomic mass is 10.1. The van der Waals surface area contributed by atoms with Crippen LogP contribution < -0.4 is 0 Å². The van der Waals surface area contributed by atoms with Crippen molar-refractivity contribution in [2.45, 2.75) is 6.92 Å². The lowest BCUT2D eigenvalue weighted by Gasteiger charge is -2.00. The third-order valence-corrected chi connectivity index (χ3v) is 3.18. The highest BCUT2D eigenvalue weighted by Crippen LogP contribution is 2.29. The number of rotatable bonds is 2. The van der Waals surface area contributed by atoms with Crippen molar-refractivity contribution in [2.75, 3.05) is 0 Å². The van der Waals surface area contributed by atoms with Gasteiger partial charge >= 0.3 is 0 Å². The maximum absolute atomic E-state index is 13.6. The first-order valence-electron chi connectivity index (χ1n) is 4.52. The molecule has 0 fully saturated rings. The van der Waals surface area contributed by atoms with E-state index in [-0.39, 0.29) is 5.82 Å². The molecule has 2 aromatic rings. The number of halogens is 1. The van der Waals surface area contributed by atoms with E-state index < -0.39 is 0 Å². The van der Waals surface area contributed by atoms with Crippen LogP contribution in [0.3, 0.4) is 0 Å². The van der Waals surface area contributed by atoms with Crippen molar-refractivity contribution in [3.63, 3.8) is 0 Å². The molecule has 1 heterocycles. The van der Waals surface area contributed by atoms with Crippen molar-refractivity contribution in [3.8, 4) is 10.4 Å². The van der Waals surface area contributed by atoms with Gasteiger partial charge in [-0.25, -0.2) is 4.39 Å². The largest absolute Gasteiger partial charge is 0.297 e. The van der Waals surface area contributed by atoms with Gasteiger partial charge in [0.1, 0.15) is 5.82 Å². The molecule has 0 bridgehead atoms. The molecule has 1 aromatic heterocycles. The molecule has 2 rings (SSSR count). The Balaban J connectivity index is 2.49. The van der Waals surface area contributed by atoms with E-state index in [1.54, 1.807) is 18.2 Å². The summed E-state index contributed by atoms with van der Waals surface area (Å²) in [5.74, 6) is -0.241. The van der Waals surface area contributed by atoms with Gasteiger partial charge in [0.15, 0.2) is 6.29 Å². The second-order valence-corrected chi connectivity index (χ2v) is 4.42. The highest BCUT2D eigenvalue weighted by molar-refractivity contribution is 7.17. The molecular formula is C12H9FOS. The summed E-state index contributed by atoms with van der Waals surface area (Å²) >= 11 is 1.30. The number of benzene rings is 1. The molecule has 0 N–H and O–H groups in total. The van der Waals surface area contributed by atoms with Gasteiger partial charge < -0.3 is 0 Å². The molecule has 0 saturated carbocycles. The molecule has 0 aliphatic carbocycles. The summed E-state index contributed by atoms with van der Waals surface area (Å²) in [7, 11) is 0. The molecule has 0 saturated heterocycles. The van der Waals surface area contributed by atoms with Gasteiger partial charge in [0, 0.05) is 10.4 Å². The maximum Gasteiger partial charge on any atom is 0.160 e. The van der Waals surface area contributed by atoms with E-state index in [1.807, 2.05) is 13.0 Å². The Morgan fingerprint density at radius 2 is 2.07 bits per heavy atom. The number of aryl methyl sites for hydroxylation is 1. The van der Waals surface area contributed by atoms with E-state index >= 15 is 0 Å². The minimum Gasteiger partial charge on any atom is -0.297 e. The standard InChI is InChI=1S/C12H9FOS/c1-8-2-4-10(11(13)6-8)12-5-3-9(7-14)15-12/h2-7H,1H3. The number of carbonyl (C=O) groups excluding carboxylic acids is 1. The van der Waals surface area contributed by atoms with Gasteiger partial charge in [-0.15, -0.1) is 11.3 Å². The minimum absolute atomic E-state index is 0.241. The van der Waals surface area contributed by atoms with E-state index in [9.17, 15) is 9.18 Å². The third kappa shape index (κ3) is 1.97. The van der Waals surface area contributed by atoms with Gasteiger partial charge in [-0.2, -0.15) is 0 Å². The van der Waals surface area contributed by atoms with E-state index in [1.165, 1.54) is 17.4 Å². The normalized spacial score (nSPS) is 10.3. The summed E-state index contributed by atoms with van der Waals surface area (Å²) in [5, 5.41) is 0. The molecule has 0 aliphatic heterocycles. The molecule has 0 amide bonds. The van der Waals surface area contributed by atoms with Crippen molar-refractivity contribution < 1.29 is 9.18 Å². The first-order chi connectivity index (χ1) is 7.20. The van der Waals surface area contributed by atoms with Crippen LogP contribution in [0.4, 0.5) is 4.39 Å². The van der Waals surface area contributed by atoms with Crippen LogP contribution in [0, 0.1) is 12.7 Å². The van der Waals surface area contributed by atoms with Crippen molar-refractivity contribution in [3.05, 3.63) is 46.6 Å². The Kier molecular flexibility index (Phi) is 2.64. The zero-order valence-corrected chi connectivity index (χ0v) is 8.98. The molecule has 3 heteroatoms. The second-order valence-electron chi connectivity index (χ2n) is 3.30. The van der Waals surface area contributed by atoms with Crippen LogP contribution >= 0.6 is 11.3 Å². The summed E-state index contributed by atoms with van der Waals surface area (Å²) in [5.41, 5.74) is 1.45. The Hall–Kier alpha value is -1.48. The fraction of sp³-hybridized carbons (Fsp3) is 0.0833. The van der Waals surface area contributed by atoms with Crippen molar-refractivity contribution in [1.82, 2.24) is 0 Å². The van der Waals surface area contributed by atoms with Crippen molar-refractivity contribution >= 4 is 17.6 Å². The summed E-state index contributed by atoms with van der Waals surface area (Å²) in [6.07, 6.45) is 0.778. The third-order valence-electron chi connectivity index (χ3n) is 2.13. The van der Waals surface area contributed by atoms with E-state index in [2.05, 4.69) is 0 Å². The van der Waals surface area contributed by atoms with E-state index in [4.69, 9.17) is 0 Å². The molecule has 0 aliphatic rings. The Morgan fingerprint density at radius 1 is 1.27 bits per heavy atom. The molecule has 1 aromatic carbocycles. The maximum atomic E-state index is 13.6. The first-order valence-corrected chi connectivity index (χ1v) is 5.34. The van der Waals surface area contributed by atoms with Gasteiger partial charge in [-0.1, -0.05) is 12.1 Å². The quantitative estimate of drug-likeness (QED) is 0.706. The molecule has 0 unspecified atom stereocenters.